The largest absolute Gasteiger partial charge is 0.481 e. The van der Waals surface area contributed by atoms with Crippen LogP contribution in [-0.2, 0) is 35.2 Å². The number of unbranched alkanes of at least 4 members (excludes halogenated alkanes) is 1. The second-order valence-corrected chi connectivity index (χ2v) is 9.24. The van der Waals surface area contributed by atoms with Crippen molar-refractivity contribution in [3.63, 3.8) is 0 Å². The van der Waals surface area contributed by atoms with E-state index < -0.39 is 72.6 Å². The van der Waals surface area contributed by atoms with Gasteiger partial charge in [0.1, 0.15) is 18.1 Å². The molecule has 15 heteroatoms. The highest BCUT2D eigenvalue weighted by Gasteiger charge is 2.31. The molecule has 0 fully saturated rings. The van der Waals surface area contributed by atoms with Gasteiger partial charge in [0.15, 0.2) is 0 Å². The van der Waals surface area contributed by atoms with Crippen molar-refractivity contribution in [1.82, 2.24) is 20.9 Å². The minimum Gasteiger partial charge on any atom is -0.481 e. The lowest BCUT2D eigenvalue weighted by Gasteiger charge is -2.24. The molecule has 4 unspecified atom stereocenters. The van der Waals surface area contributed by atoms with Gasteiger partial charge in [-0.1, -0.05) is 18.2 Å². The van der Waals surface area contributed by atoms with Crippen molar-refractivity contribution >= 4 is 46.5 Å². The van der Waals surface area contributed by atoms with E-state index >= 15 is 0 Å². The molecule has 0 radical (unpaired) electrons. The monoisotopic (exact) mass is 561 g/mol. The summed E-state index contributed by atoms with van der Waals surface area (Å²) in [5, 5.41) is 26.4. The van der Waals surface area contributed by atoms with E-state index in [0.717, 1.165) is 10.9 Å². The summed E-state index contributed by atoms with van der Waals surface area (Å²) in [6.45, 7) is 0.306. The van der Waals surface area contributed by atoms with Crippen LogP contribution in [0.2, 0.25) is 0 Å². The topological polar surface area (TPSA) is 273 Å². The van der Waals surface area contributed by atoms with Crippen molar-refractivity contribution in [3.8, 4) is 0 Å². The number of para-hydroxylation sites is 1. The van der Waals surface area contributed by atoms with Crippen LogP contribution in [0, 0.1) is 0 Å². The molecule has 2 aromatic rings. The van der Waals surface area contributed by atoms with Gasteiger partial charge < -0.3 is 48.3 Å². The fourth-order valence-corrected chi connectivity index (χ4v) is 4.00. The number of nitrogens with two attached hydrogens (primary N) is 3. The van der Waals surface area contributed by atoms with E-state index in [0.29, 0.717) is 24.9 Å². The highest BCUT2D eigenvalue weighted by molar-refractivity contribution is 5.96. The molecule has 2 rings (SSSR count). The first-order chi connectivity index (χ1) is 18.9. The van der Waals surface area contributed by atoms with Crippen LogP contribution in [0.15, 0.2) is 30.5 Å². The number of carbonyl (C=O) groups is 6. The SMILES string of the molecule is NCCCCC(NC(=O)C(N)CC(=O)O)C(=O)NC(CC(N)=O)C(=O)NC(Cc1c[nH]c2ccccc12)C(=O)O. The normalized spacial score (nSPS) is 13.9. The van der Waals surface area contributed by atoms with Gasteiger partial charge in [0.05, 0.1) is 18.9 Å². The molecule has 1 aromatic carbocycles. The van der Waals surface area contributed by atoms with E-state index in [2.05, 4.69) is 20.9 Å². The Hall–Kier alpha value is -4.50. The number of H-pyrrole nitrogens is 1. The van der Waals surface area contributed by atoms with E-state index in [-0.39, 0.29) is 12.8 Å². The predicted octanol–water partition coefficient (Wildman–Crippen LogP) is -1.94. The fourth-order valence-electron chi connectivity index (χ4n) is 4.00. The number of primary amides is 1. The number of hydrogen-bond acceptors (Lipinski definition) is 8. The molecule has 0 aliphatic heterocycles. The van der Waals surface area contributed by atoms with Crippen LogP contribution in [0.5, 0.6) is 0 Å². The van der Waals surface area contributed by atoms with Crippen LogP contribution in [0.25, 0.3) is 10.9 Å². The zero-order valence-electron chi connectivity index (χ0n) is 21.7. The zero-order valence-corrected chi connectivity index (χ0v) is 21.7. The maximum atomic E-state index is 13.1. The van der Waals surface area contributed by atoms with Gasteiger partial charge in [-0.05, 0) is 37.4 Å². The van der Waals surface area contributed by atoms with Gasteiger partial charge in [0, 0.05) is 23.5 Å². The van der Waals surface area contributed by atoms with Gasteiger partial charge in [-0.2, -0.15) is 0 Å². The Morgan fingerprint density at radius 2 is 1.48 bits per heavy atom. The summed E-state index contributed by atoms with van der Waals surface area (Å²) in [5.41, 5.74) is 17.7. The quantitative estimate of drug-likeness (QED) is 0.0963. The summed E-state index contributed by atoms with van der Waals surface area (Å²) >= 11 is 0. The number of hydrogen-bond donors (Lipinski definition) is 9. The van der Waals surface area contributed by atoms with Crippen molar-refractivity contribution in [1.29, 1.82) is 0 Å². The Balaban J connectivity index is 2.18. The first kappa shape index (κ1) is 31.7. The Morgan fingerprint density at radius 1 is 0.850 bits per heavy atom. The third kappa shape index (κ3) is 9.67. The number of amides is 4. The molecule has 1 heterocycles. The molecular weight excluding hydrogens is 526 g/mol. The molecule has 0 saturated heterocycles. The summed E-state index contributed by atoms with van der Waals surface area (Å²) in [4.78, 5) is 76.0. The van der Waals surface area contributed by atoms with Gasteiger partial charge in [0.2, 0.25) is 23.6 Å². The first-order valence-electron chi connectivity index (χ1n) is 12.6. The Bertz CT molecular complexity index is 1230. The Labute approximate surface area is 229 Å². The summed E-state index contributed by atoms with van der Waals surface area (Å²) in [7, 11) is 0. The number of carboxylic acids is 2. The summed E-state index contributed by atoms with van der Waals surface area (Å²) in [6.07, 6.45) is 1.15. The number of aromatic amines is 1. The molecule has 1 aromatic heterocycles. The highest BCUT2D eigenvalue weighted by atomic mass is 16.4. The lowest BCUT2D eigenvalue weighted by Crippen LogP contribution is -2.58. The van der Waals surface area contributed by atoms with E-state index in [1.807, 2.05) is 12.1 Å². The lowest BCUT2D eigenvalue weighted by molar-refractivity contribution is -0.142. The predicted molar refractivity (Wildman–Crippen MR) is 142 cm³/mol. The molecule has 40 heavy (non-hydrogen) atoms. The zero-order chi connectivity index (χ0) is 29.8. The second kappa shape index (κ2) is 15.2. The van der Waals surface area contributed by atoms with Gasteiger partial charge in [-0.3, -0.25) is 24.0 Å². The Morgan fingerprint density at radius 3 is 2.10 bits per heavy atom. The molecule has 4 amide bonds. The van der Waals surface area contributed by atoms with Gasteiger partial charge in [-0.25, -0.2) is 4.79 Å². The number of benzene rings is 1. The Kier molecular flexibility index (Phi) is 12.0. The average molecular weight is 562 g/mol. The van der Waals surface area contributed by atoms with Crippen molar-refractivity contribution in [2.45, 2.75) is 62.7 Å². The van der Waals surface area contributed by atoms with E-state index in [4.69, 9.17) is 22.3 Å². The molecule has 15 nitrogen and oxygen atoms in total. The second-order valence-electron chi connectivity index (χ2n) is 9.24. The van der Waals surface area contributed by atoms with Crippen LogP contribution < -0.4 is 33.2 Å². The maximum Gasteiger partial charge on any atom is 0.326 e. The number of aliphatic carboxylic acids is 2. The summed E-state index contributed by atoms with van der Waals surface area (Å²) in [6, 6.07) is 1.54. The third-order valence-corrected chi connectivity index (χ3v) is 6.06. The average Bonchev–Trinajstić information content (AvgIpc) is 3.29. The third-order valence-electron chi connectivity index (χ3n) is 6.06. The summed E-state index contributed by atoms with van der Waals surface area (Å²) < 4.78 is 0. The highest BCUT2D eigenvalue weighted by Crippen LogP contribution is 2.19. The van der Waals surface area contributed by atoms with Gasteiger partial charge in [0.25, 0.3) is 0 Å². The molecule has 0 saturated carbocycles. The molecule has 0 spiro atoms. The van der Waals surface area contributed by atoms with Gasteiger partial charge >= 0.3 is 11.9 Å². The molecule has 218 valence electrons. The van der Waals surface area contributed by atoms with Crippen LogP contribution in [0.1, 0.15) is 37.7 Å². The molecule has 0 bridgehead atoms. The number of fused-ring (bicyclic) bond motifs is 1. The molecule has 0 aliphatic rings. The van der Waals surface area contributed by atoms with Crippen LogP contribution in [0.3, 0.4) is 0 Å². The van der Waals surface area contributed by atoms with E-state index in [9.17, 15) is 33.9 Å². The van der Waals surface area contributed by atoms with Crippen LogP contribution in [-0.4, -0.2) is 81.5 Å². The minimum atomic E-state index is -1.56. The smallest absolute Gasteiger partial charge is 0.326 e. The van der Waals surface area contributed by atoms with E-state index in [1.54, 1.807) is 18.3 Å². The number of nitrogens with one attached hydrogen (secondary N) is 4. The van der Waals surface area contributed by atoms with Crippen molar-refractivity contribution in [2.24, 2.45) is 17.2 Å². The molecular formula is C25H35N7O8. The maximum absolute atomic E-state index is 13.1. The number of aromatic nitrogens is 1. The minimum absolute atomic E-state index is 0.0673. The van der Waals surface area contributed by atoms with E-state index in [1.165, 1.54) is 0 Å². The van der Waals surface area contributed by atoms with Crippen LogP contribution >= 0.6 is 0 Å². The molecule has 4 atom stereocenters. The standard InChI is InChI=1S/C25H35N7O8/c26-8-4-3-7-17(30-22(36)15(27)10-21(34)35)23(37)31-18(11-20(28)33)24(38)32-19(25(39)40)9-13-12-29-16-6-2-1-5-14(13)16/h1-2,5-6,12,15,17-19,29H,3-4,7-11,26-27H2,(H2,28,33)(H,30,36)(H,31,37)(H,32,38)(H,34,35)(H,39,40). The molecule has 0 aliphatic carbocycles. The number of carbonyl (C=O) groups excluding carboxylic acids is 4. The van der Waals surface area contributed by atoms with Gasteiger partial charge in [-0.15, -0.1) is 0 Å². The fraction of sp³-hybridized carbons (Fsp3) is 0.440. The lowest BCUT2D eigenvalue weighted by atomic mass is 10.0. The van der Waals surface area contributed by atoms with Crippen molar-refractivity contribution in [2.75, 3.05) is 6.54 Å². The first-order valence-corrected chi connectivity index (χ1v) is 12.6. The van der Waals surface area contributed by atoms with Crippen molar-refractivity contribution in [3.05, 3.63) is 36.0 Å². The number of carboxylic acid groups (broad SMARTS) is 2. The summed E-state index contributed by atoms with van der Waals surface area (Å²) in [5.74, 6) is -6.37. The van der Waals surface area contributed by atoms with Crippen molar-refractivity contribution < 1.29 is 39.0 Å². The molecule has 12 N–H and O–H groups in total. The number of rotatable bonds is 17. The van der Waals surface area contributed by atoms with Crippen LogP contribution in [0.4, 0.5) is 0 Å².